The van der Waals surface area contributed by atoms with Gasteiger partial charge < -0.3 is 15.5 Å². The first-order valence-electron chi connectivity index (χ1n) is 8.62. The van der Waals surface area contributed by atoms with Gasteiger partial charge in [-0.3, -0.25) is 19.3 Å². The molecule has 0 spiro atoms. The number of anilines is 1. The summed E-state index contributed by atoms with van der Waals surface area (Å²) in [7, 11) is 0. The number of imide groups is 1. The maximum Gasteiger partial charge on any atom is 0.337 e. The van der Waals surface area contributed by atoms with Crippen LogP contribution in [0.3, 0.4) is 0 Å². The number of thioether (sulfide) groups is 1. The van der Waals surface area contributed by atoms with Crippen LogP contribution < -0.4 is 5.32 Å². The molecule has 2 aromatic rings. The summed E-state index contributed by atoms with van der Waals surface area (Å²) in [6.07, 6.45) is 1.00. The lowest BCUT2D eigenvalue weighted by molar-refractivity contribution is -0.123. The number of phenols is 1. The van der Waals surface area contributed by atoms with Crippen molar-refractivity contribution in [2.75, 3.05) is 11.9 Å². The minimum Gasteiger partial charge on any atom is -0.508 e. The van der Waals surface area contributed by atoms with Gasteiger partial charge >= 0.3 is 5.97 Å². The standard InChI is InChI=1S/C20H15FN2O6S/c21-14-4-2-1-3-11(14)9-16-18(26)23(20(29)30-16)8-7-17(25)22-15-6-5-12(24)10-13(15)19(27)28/h1-6,9-10,24H,7-8H2,(H,22,25)(H,27,28). The minimum absolute atomic E-state index is 0.0288. The number of carboxylic acid groups (broad SMARTS) is 1. The Labute approximate surface area is 174 Å². The molecule has 1 aliphatic rings. The second kappa shape index (κ2) is 8.78. The summed E-state index contributed by atoms with van der Waals surface area (Å²) >= 11 is 0.644. The van der Waals surface area contributed by atoms with Crippen LogP contribution in [-0.4, -0.2) is 44.7 Å². The van der Waals surface area contributed by atoms with Crippen LogP contribution in [-0.2, 0) is 9.59 Å². The van der Waals surface area contributed by atoms with Crippen LogP contribution >= 0.6 is 11.8 Å². The van der Waals surface area contributed by atoms with Gasteiger partial charge in [0.25, 0.3) is 11.1 Å². The molecule has 8 nitrogen and oxygen atoms in total. The largest absolute Gasteiger partial charge is 0.508 e. The molecule has 0 aromatic heterocycles. The van der Waals surface area contributed by atoms with Crippen LogP contribution in [0.5, 0.6) is 5.75 Å². The molecule has 1 saturated heterocycles. The van der Waals surface area contributed by atoms with Gasteiger partial charge in [0, 0.05) is 18.5 Å². The van der Waals surface area contributed by atoms with Crippen LogP contribution in [0.2, 0.25) is 0 Å². The van der Waals surface area contributed by atoms with E-state index < -0.39 is 28.8 Å². The summed E-state index contributed by atoms with van der Waals surface area (Å²) in [6, 6.07) is 9.23. The number of benzene rings is 2. The number of aromatic carboxylic acids is 1. The van der Waals surface area contributed by atoms with E-state index >= 15 is 0 Å². The van der Waals surface area contributed by atoms with E-state index in [9.17, 15) is 28.7 Å². The average molecular weight is 430 g/mol. The third kappa shape index (κ3) is 4.66. The molecule has 0 bridgehead atoms. The molecule has 0 unspecified atom stereocenters. The van der Waals surface area contributed by atoms with Gasteiger partial charge in [0.15, 0.2) is 0 Å². The molecule has 2 aromatic carbocycles. The van der Waals surface area contributed by atoms with E-state index in [4.69, 9.17) is 5.11 Å². The Morgan fingerprint density at radius 1 is 1.17 bits per heavy atom. The Morgan fingerprint density at radius 2 is 1.90 bits per heavy atom. The van der Waals surface area contributed by atoms with Crippen molar-refractivity contribution in [3.8, 4) is 5.75 Å². The van der Waals surface area contributed by atoms with Crippen molar-refractivity contribution in [3.63, 3.8) is 0 Å². The van der Waals surface area contributed by atoms with E-state index in [0.717, 1.165) is 11.0 Å². The molecule has 0 saturated carbocycles. The number of carbonyl (C=O) groups is 4. The summed E-state index contributed by atoms with van der Waals surface area (Å²) in [5, 5.41) is 20.3. The SMILES string of the molecule is O=C(CCN1C(=O)SC(=Cc2ccccc2F)C1=O)Nc1ccc(O)cc1C(=O)O. The number of phenolic OH excluding ortho intramolecular Hbond substituents is 1. The molecule has 154 valence electrons. The number of nitrogens with zero attached hydrogens (tertiary/aromatic N) is 1. The molecule has 0 radical (unpaired) electrons. The highest BCUT2D eigenvalue weighted by Crippen LogP contribution is 2.32. The molecule has 1 aliphatic heterocycles. The summed E-state index contributed by atoms with van der Waals surface area (Å²) in [5.41, 5.74) is -0.171. The Hall–Kier alpha value is -3.66. The van der Waals surface area contributed by atoms with E-state index in [0.29, 0.717) is 11.8 Å². The summed E-state index contributed by atoms with van der Waals surface area (Å²) in [4.78, 5) is 48.9. The first kappa shape index (κ1) is 21.1. The third-order valence-electron chi connectivity index (χ3n) is 4.14. The number of carbonyl (C=O) groups excluding carboxylic acids is 3. The highest BCUT2D eigenvalue weighted by molar-refractivity contribution is 8.18. The minimum atomic E-state index is -1.34. The van der Waals surface area contributed by atoms with Gasteiger partial charge in [-0.25, -0.2) is 9.18 Å². The molecule has 1 fully saturated rings. The number of hydrogen-bond acceptors (Lipinski definition) is 6. The second-order valence-corrected chi connectivity index (χ2v) is 7.18. The molecular formula is C20H15FN2O6S. The van der Waals surface area contributed by atoms with Crippen LogP contribution in [0.15, 0.2) is 47.4 Å². The van der Waals surface area contributed by atoms with E-state index in [1.165, 1.54) is 36.4 Å². The van der Waals surface area contributed by atoms with Crippen molar-refractivity contribution in [2.45, 2.75) is 6.42 Å². The maximum atomic E-state index is 13.8. The number of nitrogens with one attached hydrogen (secondary N) is 1. The predicted octanol–water partition coefficient (Wildman–Crippen LogP) is 3.29. The Kier molecular flexibility index (Phi) is 6.17. The predicted molar refractivity (Wildman–Crippen MR) is 107 cm³/mol. The second-order valence-electron chi connectivity index (χ2n) is 6.19. The van der Waals surface area contributed by atoms with Gasteiger partial charge in [-0.05, 0) is 42.1 Å². The van der Waals surface area contributed by atoms with Crippen LogP contribution in [0.4, 0.5) is 14.9 Å². The third-order valence-corrected chi connectivity index (χ3v) is 5.04. The lowest BCUT2D eigenvalue weighted by Crippen LogP contribution is -2.31. The molecule has 3 N–H and O–H groups in total. The zero-order valence-electron chi connectivity index (χ0n) is 15.3. The Bertz CT molecular complexity index is 1080. The fourth-order valence-electron chi connectivity index (χ4n) is 2.67. The first-order valence-corrected chi connectivity index (χ1v) is 9.44. The van der Waals surface area contributed by atoms with Crippen molar-refractivity contribution in [1.29, 1.82) is 0 Å². The van der Waals surface area contributed by atoms with Crippen molar-refractivity contribution in [3.05, 3.63) is 64.3 Å². The maximum absolute atomic E-state index is 13.8. The van der Waals surface area contributed by atoms with E-state index in [1.807, 2.05) is 0 Å². The number of halogens is 1. The van der Waals surface area contributed by atoms with E-state index in [1.54, 1.807) is 6.07 Å². The van der Waals surface area contributed by atoms with Gasteiger partial charge in [0.05, 0.1) is 16.2 Å². The van der Waals surface area contributed by atoms with Crippen molar-refractivity contribution >= 4 is 46.5 Å². The van der Waals surface area contributed by atoms with Gasteiger partial charge in [-0.2, -0.15) is 0 Å². The molecule has 30 heavy (non-hydrogen) atoms. The number of hydrogen-bond donors (Lipinski definition) is 3. The molecule has 1 heterocycles. The number of amides is 3. The summed E-state index contributed by atoms with van der Waals surface area (Å²) in [6.45, 7) is -0.231. The Balaban J connectivity index is 1.66. The first-order chi connectivity index (χ1) is 14.3. The van der Waals surface area contributed by atoms with E-state index in [2.05, 4.69) is 5.32 Å². The monoisotopic (exact) mass is 430 g/mol. The molecule has 3 rings (SSSR count). The van der Waals surface area contributed by atoms with Crippen LogP contribution in [0.1, 0.15) is 22.3 Å². The molecule has 3 amide bonds. The van der Waals surface area contributed by atoms with Gasteiger partial charge in [-0.15, -0.1) is 0 Å². The van der Waals surface area contributed by atoms with Crippen molar-refractivity contribution in [2.24, 2.45) is 0 Å². The van der Waals surface area contributed by atoms with Gasteiger partial charge in [0.2, 0.25) is 5.91 Å². The molecule has 0 atom stereocenters. The topological polar surface area (TPSA) is 124 Å². The zero-order chi connectivity index (χ0) is 21.8. The van der Waals surface area contributed by atoms with Crippen molar-refractivity contribution < 1.29 is 33.8 Å². The zero-order valence-corrected chi connectivity index (χ0v) is 16.1. The highest BCUT2D eigenvalue weighted by Gasteiger charge is 2.35. The lowest BCUT2D eigenvalue weighted by Gasteiger charge is -2.13. The Morgan fingerprint density at radius 3 is 2.60 bits per heavy atom. The average Bonchev–Trinajstić information content (AvgIpc) is 2.96. The fraction of sp³-hybridized carbons (Fsp3) is 0.100. The lowest BCUT2D eigenvalue weighted by atomic mass is 10.1. The summed E-state index contributed by atoms with van der Waals surface area (Å²) < 4.78 is 13.8. The van der Waals surface area contributed by atoms with E-state index in [-0.39, 0.29) is 40.4 Å². The number of aromatic hydroxyl groups is 1. The fourth-order valence-corrected chi connectivity index (χ4v) is 3.53. The van der Waals surface area contributed by atoms with Crippen LogP contribution in [0, 0.1) is 5.82 Å². The van der Waals surface area contributed by atoms with Crippen molar-refractivity contribution in [1.82, 2.24) is 4.90 Å². The highest BCUT2D eigenvalue weighted by atomic mass is 32.2. The number of rotatable bonds is 6. The molecule has 10 heteroatoms. The van der Waals surface area contributed by atoms with Gasteiger partial charge in [0.1, 0.15) is 11.6 Å². The van der Waals surface area contributed by atoms with Crippen LogP contribution in [0.25, 0.3) is 6.08 Å². The normalized spacial score (nSPS) is 15.0. The quantitative estimate of drug-likeness (QED) is 0.474. The molecule has 0 aliphatic carbocycles. The molecular weight excluding hydrogens is 415 g/mol. The smallest absolute Gasteiger partial charge is 0.337 e. The van der Waals surface area contributed by atoms with Gasteiger partial charge in [-0.1, -0.05) is 18.2 Å². The number of carboxylic acids is 1. The summed E-state index contributed by atoms with van der Waals surface area (Å²) in [5.74, 6) is -3.42.